The van der Waals surface area contributed by atoms with Crippen molar-refractivity contribution in [2.24, 2.45) is 0 Å². The summed E-state index contributed by atoms with van der Waals surface area (Å²) < 4.78 is 0. The molecule has 3 nitrogen and oxygen atoms in total. The van der Waals surface area contributed by atoms with Gasteiger partial charge in [-0.1, -0.05) is 0 Å². The van der Waals surface area contributed by atoms with Gasteiger partial charge in [-0.25, -0.2) is 0 Å². The lowest BCUT2D eigenvalue weighted by Crippen LogP contribution is -1.93. The third kappa shape index (κ3) is 9.21. The van der Waals surface area contributed by atoms with Crippen molar-refractivity contribution in [2.45, 2.75) is 12.8 Å². The van der Waals surface area contributed by atoms with Gasteiger partial charge in [0.25, 0.3) is 0 Å². The second kappa shape index (κ2) is 6.72. The number of carboxylic acids is 1. The van der Waals surface area contributed by atoms with E-state index in [2.05, 4.69) is 0 Å². The van der Waals surface area contributed by atoms with Crippen LogP contribution < -0.4 is 6.15 Å². The number of aliphatic carboxylic acids is 1. The second-order valence-electron chi connectivity index (χ2n) is 1.19. The quantitative estimate of drug-likeness (QED) is 0.578. The van der Waals surface area contributed by atoms with Crippen LogP contribution in [0.4, 0.5) is 0 Å². The maximum atomic E-state index is 9.70. The van der Waals surface area contributed by atoms with Crippen LogP contribution in [0.2, 0.25) is 0 Å². The molecule has 0 spiro atoms. The fourth-order valence-electron chi connectivity index (χ4n) is 0.218. The highest BCUT2D eigenvalue weighted by atomic mass is 35.5. The molecule has 0 radical (unpaired) electrons. The largest absolute Gasteiger partial charge is 0.481 e. The molecule has 4 N–H and O–H groups in total. The zero-order valence-electron chi connectivity index (χ0n) is 4.56. The number of alkyl halides is 1. The van der Waals surface area contributed by atoms with E-state index in [1.165, 1.54) is 0 Å². The number of rotatable bonds is 3. The minimum absolute atomic E-state index is 0. The lowest BCUT2D eigenvalue weighted by atomic mass is 10.3. The Kier molecular flexibility index (Phi) is 8.95. The normalized spacial score (nSPS) is 7.62. The van der Waals surface area contributed by atoms with Crippen LogP contribution in [0, 0.1) is 0 Å². The Balaban J connectivity index is 0. The van der Waals surface area contributed by atoms with Gasteiger partial charge in [-0.2, -0.15) is 0 Å². The molecule has 0 heterocycles. The maximum Gasteiger partial charge on any atom is 0.303 e. The SMILES string of the molecule is N.O=C(O)CCCCl. The van der Waals surface area contributed by atoms with E-state index in [-0.39, 0.29) is 12.6 Å². The molecule has 50 valence electrons. The van der Waals surface area contributed by atoms with Gasteiger partial charge >= 0.3 is 5.97 Å². The van der Waals surface area contributed by atoms with Crippen LogP contribution in [0.1, 0.15) is 12.8 Å². The molecule has 0 aromatic rings. The highest BCUT2D eigenvalue weighted by Gasteiger charge is 1.91. The average molecular weight is 140 g/mol. The van der Waals surface area contributed by atoms with E-state index in [1.54, 1.807) is 0 Å². The minimum Gasteiger partial charge on any atom is -0.481 e. The van der Waals surface area contributed by atoms with E-state index in [0.717, 1.165) is 0 Å². The monoisotopic (exact) mass is 139 g/mol. The summed E-state index contributed by atoms with van der Waals surface area (Å²) in [7, 11) is 0. The lowest BCUT2D eigenvalue weighted by Gasteiger charge is -1.84. The lowest BCUT2D eigenvalue weighted by molar-refractivity contribution is -0.137. The molecule has 4 heteroatoms. The Hall–Kier alpha value is -0.280. The summed E-state index contributed by atoms with van der Waals surface area (Å²) in [5.74, 6) is -0.340. The van der Waals surface area contributed by atoms with E-state index < -0.39 is 5.97 Å². The van der Waals surface area contributed by atoms with Gasteiger partial charge in [-0.05, 0) is 6.42 Å². The number of halogens is 1. The minimum atomic E-state index is -0.777. The Bertz CT molecular complexity index is 67.1. The van der Waals surface area contributed by atoms with Crippen LogP contribution in [-0.4, -0.2) is 17.0 Å². The molecular formula is C4H10ClNO2. The number of hydrogen-bond acceptors (Lipinski definition) is 2. The van der Waals surface area contributed by atoms with Gasteiger partial charge in [0.2, 0.25) is 0 Å². The summed E-state index contributed by atoms with van der Waals surface area (Å²) in [6.45, 7) is 0. The van der Waals surface area contributed by atoms with Crippen LogP contribution in [0.3, 0.4) is 0 Å². The van der Waals surface area contributed by atoms with Crippen molar-refractivity contribution in [1.82, 2.24) is 6.15 Å². The fourth-order valence-corrected chi connectivity index (χ4v) is 0.352. The number of carbonyl (C=O) groups is 1. The highest BCUT2D eigenvalue weighted by molar-refractivity contribution is 6.17. The van der Waals surface area contributed by atoms with E-state index in [9.17, 15) is 4.79 Å². The maximum absolute atomic E-state index is 9.70. The molecule has 0 fully saturated rings. The molecule has 0 amide bonds. The standard InChI is InChI=1S/C4H7ClO2.H3N/c5-3-1-2-4(6)7;/h1-3H2,(H,6,7);1H3. The van der Waals surface area contributed by atoms with Gasteiger partial charge in [0.05, 0.1) is 0 Å². The molecule has 0 saturated carbocycles. The molecule has 0 aromatic carbocycles. The van der Waals surface area contributed by atoms with Crippen molar-refractivity contribution in [2.75, 3.05) is 5.88 Å². The molecule has 8 heavy (non-hydrogen) atoms. The zero-order chi connectivity index (χ0) is 5.70. The Morgan fingerprint density at radius 2 is 2.12 bits per heavy atom. The van der Waals surface area contributed by atoms with Crippen molar-refractivity contribution < 1.29 is 9.90 Å². The summed E-state index contributed by atoms with van der Waals surface area (Å²) >= 11 is 5.18. The molecule has 0 unspecified atom stereocenters. The topological polar surface area (TPSA) is 72.3 Å². The molecule has 0 atom stereocenters. The summed E-state index contributed by atoms with van der Waals surface area (Å²) in [4.78, 5) is 9.70. The predicted octanol–water partition coefficient (Wildman–Crippen LogP) is 1.25. The predicted molar refractivity (Wildman–Crippen MR) is 32.6 cm³/mol. The summed E-state index contributed by atoms with van der Waals surface area (Å²) in [5.41, 5.74) is 0. The van der Waals surface area contributed by atoms with Gasteiger partial charge in [0.15, 0.2) is 0 Å². The molecule has 0 aliphatic heterocycles. The Labute approximate surface area is 53.2 Å². The van der Waals surface area contributed by atoms with Crippen molar-refractivity contribution in [3.05, 3.63) is 0 Å². The Morgan fingerprint density at radius 1 is 1.62 bits per heavy atom. The summed E-state index contributed by atoms with van der Waals surface area (Å²) in [6.07, 6.45) is 0.750. The van der Waals surface area contributed by atoms with Gasteiger partial charge in [-0.15, -0.1) is 11.6 Å². The molecule has 0 bridgehead atoms. The highest BCUT2D eigenvalue weighted by Crippen LogP contribution is 1.89. The van der Waals surface area contributed by atoms with Crippen LogP contribution in [0.25, 0.3) is 0 Å². The first kappa shape index (κ1) is 10.7. The van der Waals surface area contributed by atoms with E-state index in [4.69, 9.17) is 16.7 Å². The van der Waals surface area contributed by atoms with Crippen molar-refractivity contribution in [3.63, 3.8) is 0 Å². The first-order valence-corrected chi connectivity index (χ1v) is 2.58. The van der Waals surface area contributed by atoms with E-state index >= 15 is 0 Å². The van der Waals surface area contributed by atoms with E-state index in [1.807, 2.05) is 0 Å². The summed E-state index contributed by atoms with van der Waals surface area (Å²) in [5, 5.41) is 7.99. The van der Waals surface area contributed by atoms with Gasteiger partial charge in [0, 0.05) is 12.3 Å². The molecular weight excluding hydrogens is 130 g/mol. The molecule has 0 saturated heterocycles. The first-order valence-electron chi connectivity index (χ1n) is 2.05. The molecule has 0 aliphatic rings. The average Bonchev–Trinajstić information content (AvgIpc) is 1.61. The third-order valence-electron chi connectivity index (χ3n) is 0.524. The van der Waals surface area contributed by atoms with Crippen LogP contribution in [-0.2, 0) is 4.79 Å². The zero-order valence-corrected chi connectivity index (χ0v) is 5.32. The second-order valence-corrected chi connectivity index (χ2v) is 1.56. The van der Waals surface area contributed by atoms with Gasteiger partial charge in [0.1, 0.15) is 0 Å². The van der Waals surface area contributed by atoms with Crippen molar-refractivity contribution in [1.29, 1.82) is 0 Å². The van der Waals surface area contributed by atoms with Gasteiger partial charge in [-0.3, -0.25) is 4.79 Å². The third-order valence-corrected chi connectivity index (χ3v) is 0.792. The summed E-state index contributed by atoms with van der Waals surface area (Å²) in [6, 6.07) is 0. The number of carboxylic acid groups (broad SMARTS) is 1. The first-order chi connectivity index (χ1) is 3.27. The Morgan fingerprint density at radius 3 is 2.25 bits per heavy atom. The van der Waals surface area contributed by atoms with Crippen LogP contribution in [0.15, 0.2) is 0 Å². The molecule has 0 aromatic heterocycles. The van der Waals surface area contributed by atoms with Gasteiger partial charge < -0.3 is 11.3 Å². The molecule has 0 rings (SSSR count). The van der Waals surface area contributed by atoms with Crippen molar-refractivity contribution >= 4 is 17.6 Å². The molecule has 0 aliphatic carbocycles. The van der Waals surface area contributed by atoms with Crippen LogP contribution in [0.5, 0.6) is 0 Å². The van der Waals surface area contributed by atoms with Crippen molar-refractivity contribution in [3.8, 4) is 0 Å². The van der Waals surface area contributed by atoms with Crippen LogP contribution >= 0.6 is 11.6 Å². The smallest absolute Gasteiger partial charge is 0.303 e. The number of hydrogen-bond donors (Lipinski definition) is 2. The van der Waals surface area contributed by atoms with E-state index in [0.29, 0.717) is 12.3 Å². The fraction of sp³-hybridized carbons (Fsp3) is 0.750.